The Morgan fingerprint density at radius 2 is 1.92 bits per heavy atom. The number of ether oxygens (including phenoxy) is 3. The average Bonchev–Trinajstić information content (AvgIpc) is 3.14. The van der Waals surface area contributed by atoms with Gasteiger partial charge in [-0.25, -0.2) is 0 Å². The van der Waals surface area contributed by atoms with Gasteiger partial charge in [-0.15, -0.1) is 10.2 Å². The smallest absolute Gasteiger partial charge is 0.279 e. The molecule has 4 rings (SSSR count). The summed E-state index contributed by atoms with van der Waals surface area (Å²) in [5, 5.41) is 11.1. The summed E-state index contributed by atoms with van der Waals surface area (Å²) in [6.45, 7) is 0.695. The Balaban J connectivity index is 1.48. The van der Waals surface area contributed by atoms with Crippen LogP contribution in [-0.4, -0.2) is 29.1 Å². The van der Waals surface area contributed by atoms with E-state index in [0.29, 0.717) is 29.6 Å². The van der Waals surface area contributed by atoms with Crippen molar-refractivity contribution in [3.63, 3.8) is 0 Å². The highest BCUT2D eigenvalue weighted by molar-refractivity contribution is 5.59. The number of nitrogens with one attached hydrogen (secondary N) is 2. The van der Waals surface area contributed by atoms with Crippen molar-refractivity contribution >= 4 is 5.95 Å². The summed E-state index contributed by atoms with van der Waals surface area (Å²) < 4.78 is 15.7. The molecule has 2 N–H and O–H groups in total. The molecule has 1 aliphatic rings. The first-order chi connectivity index (χ1) is 12.7. The van der Waals surface area contributed by atoms with E-state index < -0.39 is 0 Å². The molecule has 0 aliphatic carbocycles. The lowest BCUT2D eigenvalue weighted by Crippen LogP contribution is -2.16. The molecule has 2 heterocycles. The van der Waals surface area contributed by atoms with E-state index >= 15 is 0 Å². The molecule has 8 nitrogen and oxygen atoms in total. The van der Waals surface area contributed by atoms with Crippen molar-refractivity contribution in [3.8, 4) is 28.5 Å². The van der Waals surface area contributed by atoms with E-state index in [-0.39, 0.29) is 18.0 Å². The molecule has 2 aromatic carbocycles. The minimum absolute atomic E-state index is 0.234. The zero-order valence-corrected chi connectivity index (χ0v) is 14.0. The number of H-pyrrole nitrogens is 1. The number of methoxy groups -OCH3 is 1. The number of hydrogen-bond donors (Lipinski definition) is 2. The van der Waals surface area contributed by atoms with Gasteiger partial charge in [0.15, 0.2) is 17.2 Å². The molecular formula is C18H16N4O4. The van der Waals surface area contributed by atoms with Gasteiger partial charge in [0.25, 0.3) is 5.56 Å². The fourth-order valence-electron chi connectivity index (χ4n) is 2.59. The van der Waals surface area contributed by atoms with Crippen molar-refractivity contribution in [1.29, 1.82) is 0 Å². The Labute approximate surface area is 148 Å². The Morgan fingerprint density at radius 3 is 2.69 bits per heavy atom. The lowest BCUT2D eigenvalue weighted by atomic mass is 10.1. The second-order valence-corrected chi connectivity index (χ2v) is 5.62. The maximum absolute atomic E-state index is 12.3. The lowest BCUT2D eigenvalue weighted by molar-refractivity contribution is 0.174. The number of aromatic nitrogens is 3. The molecule has 8 heteroatoms. The number of fused-ring (bicyclic) bond motifs is 1. The van der Waals surface area contributed by atoms with Crippen molar-refractivity contribution in [3.05, 3.63) is 58.4 Å². The monoisotopic (exact) mass is 352 g/mol. The van der Waals surface area contributed by atoms with Crippen molar-refractivity contribution in [2.24, 2.45) is 0 Å². The third kappa shape index (κ3) is 3.16. The number of rotatable bonds is 5. The van der Waals surface area contributed by atoms with Crippen LogP contribution in [0.4, 0.5) is 5.95 Å². The van der Waals surface area contributed by atoms with E-state index in [0.717, 1.165) is 11.3 Å². The van der Waals surface area contributed by atoms with Gasteiger partial charge in [-0.3, -0.25) is 9.78 Å². The topological polar surface area (TPSA) is 98.4 Å². The summed E-state index contributed by atoms with van der Waals surface area (Å²) in [7, 11) is 1.59. The number of aromatic amines is 1. The highest BCUT2D eigenvalue weighted by atomic mass is 16.7. The minimum atomic E-state index is -0.321. The first-order valence-electron chi connectivity index (χ1n) is 7.97. The molecule has 0 spiro atoms. The number of nitrogens with zero attached hydrogens (tertiary/aromatic N) is 2. The standard InChI is InChI=1S/C18H16N4O4/c1-24-13-5-3-12(4-6-13)16-17(23)20-18(22-21-16)19-9-11-2-7-14-15(8-11)26-10-25-14/h2-8H,9-10H2,1H3,(H2,19,20,22,23). The quantitative estimate of drug-likeness (QED) is 0.726. The van der Waals surface area contributed by atoms with E-state index in [1.165, 1.54) is 0 Å². The zero-order valence-electron chi connectivity index (χ0n) is 14.0. The summed E-state index contributed by atoms with van der Waals surface area (Å²) in [6, 6.07) is 12.7. The third-order valence-electron chi connectivity index (χ3n) is 3.96. The molecule has 0 fully saturated rings. The Bertz CT molecular complexity index is 985. The predicted molar refractivity (Wildman–Crippen MR) is 94.5 cm³/mol. The van der Waals surface area contributed by atoms with Crippen LogP contribution in [0.1, 0.15) is 5.56 Å². The highest BCUT2D eigenvalue weighted by Gasteiger charge is 2.13. The van der Waals surface area contributed by atoms with Gasteiger partial charge in [0.2, 0.25) is 12.7 Å². The van der Waals surface area contributed by atoms with Gasteiger partial charge in [0.05, 0.1) is 7.11 Å². The Kier molecular flexibility index (Phi) is 4.14. The largest absolute Gasteiger partial charge is 0.497 e. The van der Waals surface area contributed by atoms with Gasteiger partial charge in [0.1, 0.15) is 5.75 Å². The molecule has 26 heavy (non-hydrogen) atoms. The molecule has 0 atom stereocenters. The first-order valence-corrected chi connectivity index (χ1v) is 7.97. The van der Waals surface area contributed by atoms with Gasteiger partial charge < -0.3 is 19.5 Å². The van der Waals surface area contributed by atoms with Crippen LogP contribution in [0.25, 0.3) is 11.3 Å². The van der Waals surface area contributed by atoms with Gasteiger partial charge in [0, 0.05) is 12.1 Å². The van der Waals surface area contributed by atoms with Crippen LogP contribution < -0.4 is 25.1 Å². The fourth-order valence-corrected chi connectivity index (χ4v) is 2.59. The Morgan fingerprint density at radius 1 is 1.12 bits per heavy atom. The van der Waals surface area contributed by atoms with E-state index in [4.69, 9.17) is 14.2 Å². The summed E-state index contributed by atoms with van der Waals surface area (Å²) in [5.41, 5.74) is 1.57. The number of benzene rings is 2. The van der Waals surface area contributed by atoms with Crippen LogP contribution in [0.3, 0.4) is 0 Å². The van der Waals surface area contributed by atoms with Crippen LogP contribution in [-0.2, 0) is 6.54 Å². The Hall–Kier alpha value is -3.55. The summed E-state index contributed by atoms with van der Waals surface area (Å²) in [6.07, 6.45) is 0. The maximum Gasteiger partial charge on any atom is 0.279 e. The zero-order chi connectivity index (χ0) is 17.9. The predicted octanol–water partition coefficient (Wildman–Crippen LogP) is 2.18. The van der Waals surface area contributed by atoms with Crippen molar-refractivity contribution in [1.82, 2.24) is 15.2 Å². The third-order valence-corrected chi connectivity index (χ3v) is 3.96. The molecular weight excluding hydrogens is 336 g/mol. The summed E-state index contributed by atoms with van der Waals surface area (Å²) in [4.78, 5) is 15.0. The number of anilines is 1. The molecule has 0 amide bonds. The van der Waals surface area contributed by atoms with E-state index in [2.05, 4.69) is 20.5 Å². The van der Waals surface area contributed by atoms with Crippen LogP contribution >= 0.6 is 0 Å². The summed E-state index contributed by atoms with van der Waals surface area (Å²) in [5.74, 6) is 2.44. The second kappa shape index (κ2) is 6.75. The SMILES string of the molecule is COc1ccc(-c2nnc(NCc3ccc4c(c3)OCO4)[nH]c2=O)cc1. The average molecular weight is 352 g/mol. The second-order valence-electron chi connectivity index (χ2n) is 5.62. The van der Waals surface area contributed by atoms with E-state index in [1.54, 1.807) is 31.4 Å². The normalized spacial score (nSPS) is 12.0. The maximum atomic E-state index is 12.3. The molecule has 0 unspecified atom stereocenters. The number of hydrogen-bond acceptors (Lipinski definition) is 7. The van der Waals surface area contributed by atoms with Gasteiger partial charge in [-0.1, -0.05) is 6.07 Å². The first kappa shape index (κ1) is 15.9. The lowest BCUT2D eigenvalue weighted by Gasteiger charge is -2.07. The van der Waals surface area contributed by atoms with Crippen molar-refractivity contribution in [2.75, 3.05) is 19.2 Å². The van der Waals surface area contributed by atoms with E-state index in [9.17, 15) is 4.79 Å². The van der Waals surface area contributed by atoms with Gasteiger partial charge in [-0.2, -0.15) is 0 Å². The molecule has 3 aromatic rings. The molecule has 132 valence electrons. The molecule has 0 saturated carbocycles. The van der Waals surface area contributed by atoms with Crippen LogP contribution in [0, 0.1) is 0 Å². The van der Waals surface area contributed by atoms with Crippen LogP contribution in [0.2, 0.25) is 0 Å². The molecule has 1 aromatic heterocycles. The van der Waals surface area contributed by atoms with Crippen LogP contribution in [0.15, 0.2) is 47.3 Å². The summed E-state index contributed by atoms with van der Waals surface area (Å²) >= 11 is 0. The minimum Gasteiger partial charge on any atom is -0.497 e. The molecule has 0 bridgehead atoms. The molecule has 0 saturated heterocycles. The van der Waals surface area contributed by atoms with Crippen LogP contribution in [0.5, 0.6) is 17.2 Å². The van der Waals surface area contributed by atoms with Gasteiger partial charge in [-0.05, 0) is 42.0 Å². The van der Waals surface area contributed by atoms with Crippen molar-refractivity contribution < 1.29 is 14.2 Å². The van der Waals surface area contributed by atoms with E-state index in [1.807, 2.05) is 18.2 Å². The molecule has 1 aliphatic heterocycles. The van der Waals surface area contributed by atoms with Gasteiger partial charge >= 0.3 is 0 Å². The highest BCUT2D eigenvalue weighted by Crippen LogP contribution is 2.32. The molecule has 0 radical (unpaired) electrons. The fraction of sp³-hybridized carbons (Fsp3) is 0.167. The van der Waals surface area contributed by atoms with Crippen molar-refractivity contribution in [2.45, 2.75) is 6.54 Å².